The molecular weight excluding hydrogens is 335 g/mol. The molecule has 2 rings (SSSR count). The summed E-state index contributed by atoms with van der Waals surface area (Å²) in [6, 6.07) is 2.81. The third-order valence-electron chi connectivity index (χ3n) is 3.15. The van der Waals surface area contributed by atoms with E-state index in [0.717, 1.165) is 12.8 Å². The number of halogens is 3. The van der Waals surface area contributed by atoms with Gasteiger partial charge in [0.25, 0.3) is 0 Å². The zero-order valence-corrected chi connectivity index (χ0v) is 12.7. The Morgan fingerprint density at radius 1 is 1.42 bits per heavy atom. The highest BCUT2D eigenvalue weighted by Crippen LogP contribution is 2.31. The minimum atomic E-state index is -0.419. The third-order valence-corrected chi connectivity index (χ3v) is 4.08. The number of carbonyl (C=O) groups excluding carboxylic acids is 1. The maximum Gasteiger partial charge on any atom is 0.239 e. The van der Waals surface area contributed by atoms with Gasteiger partial charge in [-0.15, -0.1) is 0 Å². The van der Waals surface area contributed by atoms with Gasteiger partial charge in [-0.2, -0.15) is 0 Å². The van der Waals surface area contributed by atoms with Crippen molar-refractivity contribution < 1.29 is 9.18 Å². The molecule has 1 aliphatic rings. The van der Waals surface area contributed by atoms with Crippen LogP contribution in [0.5, 0.6) is 0 Å². The van der Waals surface area contributed by atoms with Gasteiger partial charge in [0.2, 0.25) is 5.91 Å². The normalized spacial score (nSPS) is 15.5. The molecule has 6 heteroatoms. The summed E-state index contributed by atoms with van der Waals surface area (Å²) in [5.41, 5.74) is 0.532. The third kappa shape index (κ3) is 4.08. The Labute approximate surface area is 125 Å². The lowest BCUT2D eigenvalue weighted by Crippen LogP contribution is -2.36. The fourth-order valence-corrected chi connectivity index (χ4v) is 3.19. The molecule has 0 heterocycles. The number of amides is 1. The van der Waals surface area contributed by atoms with Gasteiger partial charge in [-0.1, -0.05) is 24.4 Å². The van der Waals surface area contributed by atoms with Crippen LogP contribution in [-0.2, 0) is 4.79 Å². The summed E-state index contributed by atoms with van der Waals surface area (Å²) >= 11 is 9.14. The zero-order chi connectivity index (χ0) is 13.8. The van der Waals surface area contributed by atoms with Crippen molar-refractivity contribution in [3.8, 4) is 0 Å². The van der Waals surface area contributed by atoms with E-state index in [9.17, 15) is 9.18 Å². The highest BCUT2D eigenvalue weighted by Gasteiger charge is 2.17. The molecule has 0 aromatic heterocycles. The lowest BCUT2D eigenvalue weighted by molar-refractivity contribution is -0.120. The molecule has 3 nitrogen and oxygen atoms in total. The van der Waals surface area contributed by atoms with Crippen LogP contribution >= 0.6 is 27.5 Å². The Hall–Kier alpha value is -0.810. The van der Waals surface area contributed by atoms with E-state index in [0.29, 0.717) is 16.2 Å². The van der Waals surface area contributed by atoms with E-state index in [2.05, 4.69) is 26.6 Å². The van der Waals surface area contributed by atoms with E-state index in [1.165, 1.54) is 25.0 Å². The van der Waals surface area contributed by atoms with Crippen LogP contribution in [0.15, 0.2) is 16.6 Å². The SMILES string of the molecule is O=C(CNc1c(Cl)cc(F)cc1Br)NC1CCCC1. The van der Waals surface area contributed by atoms with Crippen molar-refractivity contribution in [2.24, 2.45) is 0 Å². The number of nitrogens with one attached hydrogen (secondary N) is 2. The van der Waals surface area contributed by atoms with E-state index in [-0.39, 0.29) is 17.5 Å². The number of rotatable bonds is 4. The molecule has 104 valence electrons. The molecule has 0 radical (unpaired) electrons. The first-order chi connectivity index (χ1) is 9.06. The predicted octanol–water partition coefficient (Wildman–Crippen LogP) is 3.71. The van der Waals surface area contributed by atoms with E-state index in [4.69, 9.17) is 11.6 Å². The van der Waals surface area contributed by atoms with E-state index < -0.39 is 5.82 Å². The number of carbonyl (C=O) groups is 1. The Kier molecular flexibility index (Phi) is 5.05. The second kappa shape index (κ2) is 6.57. The molecule has 1 saturated carbocycles. The minimum absolute atomic E-state index is 0.0702. The molecule has 0 saturated heterocycles. The lowest BCUT2D eigenvalue weighted by atomic mass is 10.2. The summed E-state index contributed by atoms with van der Waals surface area (Å²) in [7, 11) is 0. The lowest BCUT2D eigenvalue weighted by Gasteiger charge is -2.14. The van der Waals surface area contributed by atoms with Gasteiger partial charge in [0, 0.05) is 10.5 Å². The van der Waals surface area contributed by atoms with Crippen LogP contribution < -0.4 is 10.6 Å². The first-order valence-electron chi connectivity index (χ1n) is 6.24. The van der Waals surface area contributed by atoms with E-state index >= 15 is 0 Å². The average Bonchev–Trinajstić information content (AvgIpc) is 2.80. The number of hydrogen-bond acceptors (Lipinski definition) is 2. The molecule has 1 aliphatic carbocycles. The number of anilines is 1. The Balaban J connectivity index is 1.89. The molecule has 1 aromatic rings. The van der Waals surface area contributed by atoms with Crippen molar-refractivity contribution in [2.45, 2.75) is 31.7 Å². The van der Waals surface area contributed by atoms with Crippen molar-refractivity contribution in [3.63, 3.8) is 0 Å². The second-order valence-corrected chi connectivity index (χ2v) is 5.91. The Morgan fingerprint density at radius 2 is 2.11 bits per heavy atom. The maximum atomic E-state index is 13.1. The first kappa shape index (κ1) is 14.6. The predicted molar refractivity (Wildman–Crippen MR) is 78.0 cm³/mol. The summed E-state index contributed by atoms with van der Waals surface area (Å²) < 4.78 is 13.6. The number of hydrogen-bond donors (Lipinski definition) is 2. The Bertz CT molecular complexity index is 455. The van der Waals surface area contributed by atoms with Gasteiger partial charge in [-0.3, -0.25) is 4.79 Å². The Morgan fingerprint density at radius 3 is 2.74 bits per heavy atom. The monoisotopic (exact) mass is 348 g/mol. The molecular formula is C13H15BrClFN2O. The molecule has 0 spiro atoms. The highest BCUT2D eigenvalue weighted by molar-refractivity contribution is 9.10. The van der Waals surface area contributed by atoms with Gasteiger partial charge in [0.05, 0.1) is 17.3 Å². The summed E-state index contributed by atoms with van der Waals surface area (Å²) in [4.78, 5) is 11.8. The van der Waals surface area contributed by atoms with Crippen molar-refractivity contribution >= 4 is 39.1 Å². The average molecular weight is 350 g/mol. The van der Waals surface area contributed by atoms with Crippen molar-refractivity contribution in [3.05, 3.63) is 27.4 Å². The van der Waals surface area contributed by atoms with Crippen LogP contribution in [0.25, 0.3) is 0 Å². The highest BCUT2D eigenvalue weighted by atomic mass is 79.9. The van der Waals surface area contributed by atoms with Gasteiger partial charge in [-0.25, -0.2) is 4.39 Å². The van der Waals surface area contributed by atoms with Crippen molar-refractivity contribution in [2.75, 3.05) is 11.9 Å². The molecule has 1 aromatic carbocycles. The van der Waals surface area contributed by atoms with Gasteiger partial charge in [0.15, 0.2) is 0 Å². The van der Waals surface area contributed by atoms with Crippen LogP contribution in [0, 0.1) is 5.82 Å². The maximum absolute atomic E-state index is 13.1. The van der Waals surface area contributed by atoms with Crippen molar-refractivity contribution in [1.29, 1.82) is 0 Å². The summed E-state index contributed by atoms with van der Waals surface area (Å²) in [5.74, 6) is -0.489. The van der Waals surface area contributed by atoms with Gasteiger partial charge < -0.3 is 10.6 Å². The molecule has 0 bridgehead atoms. The minimum Gasteiger partial charge on any atom is -0.374 e. The van der Waals surface area contributed by atoms with Crippen molar-refractivity contribution in [1.82, 2.24) is 5.32 Å². The van der Waals surface area contributed by atoms with E-state index in [1.807, 2.05) is 0 Å². The van der Waals surface area contributed by atoms with Crippen LogP contribution in [0.4, 0.5) is 10.1 Å². The van der Waals surface area contributed by atoms with Crippen LogP contribution in [-0.4, -0.2) is 18.5 Å². The van der Waals surface area contributed by atoms with Gasteiger partial charge in [0.1, 0.15) is 5.82 Å². The zero-order valence-electron chi connectivity index (χ0n) is 10.3. The smallest absolute Gasteiger partial charge is 0.239 e. The first-order valence-corrected chi connectivity index (χ1v) is 7.41. The van der Waals surface area contributed by atoms with E-state index in [1.54, 1.807) is 0 Å². The molecule has 0 unspecified atom stereocenters. The summed E-state index contributed by atoms with van der Waals surface area (Å²) in [6.07, 6.45) is 4.45. The number of benzene rings is 1. The van der Waals surface area contributed by atoms with Gasteiger partial charge >= 0.3 is 0 Å². The fraction of sp³-hybridized carbons (Fsp3) is 0.462. The topological polar surface area (TPSA) is 41.1 Å². The largest absolute Gasteiger partial charge is 0.374 e. The summed E-state index contributed by atoms with van der Waals surface area (Å²) in [5, 5.41) is 6.14. The molecule has 0 aliphatic heterocycles. The quantitative estimate of drug-likeness (QED) is 0.870. The molecule has 2 N–H and O–H groups in total. The van der Waals surface area contributed by atoms with Crippen LogP contribution in [0.1, 0.15) is 25.7 Å². The van der Waals surface area contributed by atoms with Crippen LogP contribution in [0.3, 0.4) is 0 Å². The summed E-state index contributed by atoms with van der Waals surface area (Å²) in [6.45, 7) is 0.125. The molecule has 0 atom stereocenters. The second-order valence-electron chi connectivity index (χ2n) is 4.65. The van der Waals surface area contributed by atoms with Crippen LogP contribution in [0.2, 0.25) is 5.02 Å². The standard InChI is InChI=1S/C13H15BrClFN2O/c14-10-5-8(16)6-11(15)13(10)17-7-12(19)18-9-3-1-2-4-9/h5-6,9,17H,1-4,7H2,(H,18,19). The molecule has 1 amide bonds. The fourth-order valence-electron chi connectivity index (χ4n) is 2.23. The molecule has 1 fully saturated rings. The molecule has 19 heavy (non-hydrogen) atoms. The van der Waals surface area contributed by atoms with Gasteiger partial charge in [-0.05, 0) is 40.9 Å².